The third-order valence-corrected chi connectivity index (χ3v) is 2.89. The number of hydrogen-bond acceptors (Lipinski definition) is 2. The van der Waals surface area contributed by atoms with E-state index in [1.807, 2.05) is 18.3 Å². The van der Waals surface area contributed by atoms with Crippen LogP contribution >= 0.6 is 0 Å². The van der Waals surface area contributed by atoms with Crippen molar-refractivity contribution in [2.45, 2.75) is 37.6 Å². The van der Waals surface area contributed by atoms with Gasteiger partial charge in [-0.1, -0.05) is 18.9 Å². The molecule has 0 amide bonds. The van der Waals surface area contributed by atoms with Crippen LogP contribution in [0.5, 0.6) is 0 Å². The average Bonchev–Trinajstić information content (AvgIpc) is 2.20. The van der Waals surface area contributed by atoms with Gasteiger partial charge in [0.15, 0.2) is 0 Å². The minimum atomic E-state index is 0.323. The molecular weight excluding hydrogens is 160 g/mol. The standard InChI is InChI=1S/C11H16N2/c12-10-6-2-1-5-9(10)11-7-3-4-8-13-11/h3-4,7-10H,1-2,5-6,12H2/t9-,10-/m0/s1. The molecule has 70 valence electrons. The second-order valence-corrected chi connectivity index (χ2v) is 3.81. The molecule has 2 heteroatoms. The van der Waals surface area contributed by atoms with Crippen molar-refractivity contribution in [3.05, 3.63) is 30.1 Å². The fourth-order valence-electron chi connectivity index (χ4n) is 2.12. The van der Waals surface area contributed by atoms with Crippen LogP contribution in [-0.4, -0.2) is 11.0 Å². The molecule has 0 unspecified atom stereocenters. The van der Waals surface area contributed by atoms with Crippen molar-refractivity contribution in [1.29, 1.82) is 0 Å². The molecule has 1 aliphatic carbocycles. The maximum Gasteiger partial charge on any atom is 0.0449 e. The van der Waals surface area contributed by atoms with Gasteiger partial charge in [0.25, 0.3) is 0 Å². The molecule has 2 rings (SSSR count). The SMILES string of the molecule is N[C@H]1CCCC[C@@H]1c1ccccn1. The molecule has 2 atom stereocenters. The third-order valence-electron chi connectivity index (χ3n) is 2.89. The highest BCUT2D eigenvalue weighted by molar-refractivity contribution is 5.12. The Hall–Kier alpha value is -0.890. The van der Waals surface area contributed by atoms with Crippen LogP contribution in [0.1, 0.15) is 37.3 Å². The lowest BCUT2D eigenvalue weighted by molar-refractivity contribution is 0.380. The second kappa shape index (κ2) is 3.88. The van der Waals surface area contributed by atoms with Gasteiger partial charge in [-0.3, -0.25) is 4.98 Å². The first-order valence-electron chi connectivity index (χ1n) is 5.04. The largest absolute Gasteiger partial charge is 0.327 e. The summed E-state index contributed by atoms with van der Waals surface area (Å²) in [5.74, 6) is 0.495. The summed E-state index contributed by atoms with van der Waals surface area (Å²) in [6, 6.07) is 6.42. The summed E-state index contributed by atoms with van der Waals surface area (Å²) in [5.41, 5.74) is 7.25. The Morgan fingerprint density at radius 2 is 2.08 bits per heavy atom. The monoisotopic (exact) mass is 176 g/mol. The van der Waals surface area contributed by atoms with E-state index in [1.54, 1.807) is 0 Å². The summed E-state index contributed by atoms with van der Waals surface area (Å²) in [7, 11) is 0. The van der Waals surface area contributed by atoms with Crippen LogP contribution < -0.4 is 5.73 Å². The zero-order valence-electron chi connectivity index (χ0n) is 7.82. The van der Waals surface area contributed by atoms with E-state index in [-0.39, 0.29) is 0 Å². The van der Waals surface area contributed by atoms with Crippen molar-refractivity contribution in [3.63, 3.8) is 0 Å². The zero-order valence-corrected chi connectivity index (χ0v) is 7.82. The molecule has 1 aromatic rings. The van der Waals surface area contributed by atoms with Crippen molar-refractivity contribution in [1.82, 2.24) is 4.98 Å². The van der Waals surface area contributed by atoms with Crippen LogP contribution in [0.25, 0.3) is 0 Å². The summed E-state index contributed by atoms with van der Waals surface area (Å²) in [6.45, 7) is 0. The van der Waals surface area contributed by atoms with E-state index in [2.05, 4.69) is 11.1 Å². The number of nitrogens with two attached hydrogens (primary N) is 1. The number of hydrogen-bond donors (Lipinski definition) is 1. The first kappa shape index (κ1) is 8.70. The smallest absolute Gasteiger partial charge is 0.0449 e. The Morgan fingerprint density at radius 3 is 2.77 bits per heavy atom. The predicted molar refractivity (Wildman–Crippen MR) is 53.4 cm³/mol. The summed E-state index contributed by atoms with van der Waals surface area (Å²) >= 11 is 0. The molecule has 2 N–H and O–H groups in total. The van der Waals surface area contributed by atoms with E-state index in [0.29, 0.717) is 12.0 Å². The van der Waals surface area contributed by atoms with E-state index in [0.717, 1.165) is 6.42 Å². The number of aromatic nitrogens is 1. The Bertz CT molecular complexity index is 258. The molecule has 0 spiro atoms. The lowest BCUT2D eigenvalue weighted by Gasteiger charge is -2.27. The number of pyridine rings is 1. The Balaban J connectivity index is 2.15. The molecule has 1 saturated carbocycles. The van der Waals surface area contributed by atoms with Crippen LogP contribution in [0.3, 0.4) is 0 Å². The zero-order chi connectivity index (χ0) is 9.10. The Morgan fingerprint density at radius 1 is 1.23 bits per heavy atom. The van der Waals surface area contributed by atoms with Crippen LogP contribution in [0.4, 0.5) is 0 Å². The van der Waals surface area contributed by atoms with Crippen molar-refractivity contribution in [2.75, 3.05) is 0 Å². The topological polar surface area (TPSA) is 38.9 Å². The molecule has 0 saturated heterocycles. The van der Waals surface area contributed by atoms with Crippen LogP contribution in [-0.2, 0) is 0 Å². The molecule has 13 heavy (non-hydrogen) atoms. The minimum absolute atomic E-state index is 0.323. The first-order chi connectivity index (χ1) is 6.38. The fraction of sp³-hybridized carbons (Fsp3) is 0.545. The van der Waals surface area contributed by atoms with E-state index >= 15 is 0 Å². The Kier molecular flexibility index (Phi) is 2.60. The van der Waals surface area contributed by atoms with Crippen LogP contribution in [0.2, 0.25) is 0 Å². The van der Waals surface area contributed by atoms with Gasteiger partial charge in [0.2, 0.25) is 0 Å². The van der Waals surface area contributed by atoms with E-state index in [4.69, 9.17) is 5.73 Å². The molecule has 0 aliphatic heterocycles. The maximum absolute atomic E-state index is 6.07. The van der Waals surface area contributed by atoms with E-state index < -0.39 is 0 Å². The first-order valence-corrected chi connectivity index (χ1v) is 5.04. The Labute approximate surface area is 79.2 Å². The normalized spacial score (nSPS) is 28.7. The average molecular weight is 176 g/mol. The van der Waals surface area contributed by atoms with Gasteiger partial charge in [-0.25, -0.2) is 0 Å². The van der Waals surface area contributed by atoms with Crippen LogP contribution in [0, 0.1) is 0 Å². The molecule has 1 heterocycles. The van der Waals surface area contributed by atoms with Gasteiger partial charge >= 0.3 is 0 Å². The van der Waals surface area contributed by atoms with Crippen molar-refractivity contribution < 1.29 is 0 Å². The highest BCUT2D eigenvalue weighted by atomic mass is 14.7. The maximum atomic E-state index is 6.07. The van der Waals surface area contributed by atoms with Gasteiger partial charge in [-0.2, -0.15) is 0 Å². The van der Waals surface area contributed by atoms with Gasteiger partial charge in [0.1, 0.15) is 0 Å². The molecule has 0 aromatic carbocycles. The van der Waals surface area contributed by atoms with Gasteiger partial charge in [0, 0.05) is 23.9 Å². The lowest BCUT2D eigenvalue weighted by atomic mass is 9.83. The highest BCUT2D eigenvalue weighted by Gasteiger charge is 2.23. The lowest BCUT2D eigenvalue weighted by Crippen LogP contribution is -2.31. The van der Waals surface area contributed by atoms with Crippen molar-refractivity contribution in [2.24, 2.45) is 5.73 Å². The second-order valence-electron chi connectivity index (χ2n) is 3.81. The van der Waals surface area contributed by atoms with Gasteiger partial charge in [-0.05, 0) is 25.0 Å². The quantitative estimate of drug-likeness (QED) is 0.711. The molecular formula is C11H16N2. The molecule has 2 nitrogen and oxygen atoms in total. The molecule has 0 radical (unpaired) electrons. The summed E-state index contributed by atoms with van der Waals surface area (Å²) < 4.78 is 0. The molecule has 0 bridgehead atoms. The predicted octanol–water partition coefficient (Wildman–Crippen LogP) is 2.07. The summed E-state index contributed by atoms with van der Waals surface area (Å²) in [4.78, 5) is 4.37. The fourth-order valence-corrected chi connectivity index (χ4v) is 2.12. The highest BCUT2D eigenvalue weighted by Crippen LogP contribution is 2.30. The van der Waals surface area contributed by atoms with E-state index in [1.165, 1.54) is 25.0 Å². The number of nitrogens with zero attached hydrogens (tertiary/aromatic N) is 1. The van der Waals surface area contributed by atoms with E-state index in [9.17, 15) is 0 Å². The van der Waals surface area contributed by atoms with Gasteiger partial charge in [0.05, 0.1) is 0 Å². The van der Waals surface area contributed by atoms with Crippen molar-refractivity contribution in [3.8, 4) is 0 Å². The molecule has 1 fully saturated rings. The van der Waals surface area contributed by atoms with Gasteiger partial charge in [-0.15, -0.1) is 0 Å². The van der Waals surface area contributed by atoms with Crippen molar-refractivity contribution >= 4 is 0 Å². The van der Waals surface area contributed by atoms with Crippen LogP contribution in [0.15, 0.2) is 24.4 Å². The summed E-state index contributed by atoms with van der Waals surface area (Å²) in [6.07, 6.45) is 6.80. The minimum Gasteiger partial charge on any atom is -0.327 e. The number of rotatable bonds is 1. The third kappa shape index (κ3) is 1.89. The van der Waals surface area contributed by atoms with Gasteiger partial charge < -0.3 is 5.73 Å². The molecule has 1 aliphatic rings. The summed E-state index contributed by atoms with van der Waals surface area (Å²) in [5, 5.41) is 0. The molecule has 1 aromatic heterocycles.